The normalized spacial score (nSPS) is 15.2. The minimum absolute atomic E-state index is 0.297. The van der Waals surface area contributed by atoms with Gasteiger partial charge >= 0.3 is 5.97 Å². The molecule has 1 heterocycles. The van der Waals surface area contributed by atoms with E-state index < -0.39 is 5.97 Å². The molecule has 1 aliphatic heterocycles. The summed E-state index contributed by atoms with van der Waals surface area (Å²) in [5, 5.41) is 14.9. The zero-order valence-electron chi connectivity index (χ0n) is 19.2. The number of piperidine rings is 1. The van der Waals surface area contributed by atoms with Gasteiger partial charge in [0.1, 0.15) is 12.4 Å². The monoisotopic (exact) mass is 444 g/mol. The quantitative estimate of drug-likeness (QED) is 0.482. The highest BCUT2D eigenvalue weighted by Crippen LogP contribution is 2.26. The molecule has 33 heavy (non-hydrogen) atoms. The van der Waals surface area contributed by atoms with Gasteiger partial charge in [-0.25, -0.2) is 4.79 Å². The highest BCUT2D eigenvalue weighted by molar-refractivity contribution is 5.88. The first-order valence-electron chi connectivity index (χ1n) is 11.7. The SMILES string of the molecule is CCN(C/C(=C\c1ccc(C(=O)O)cc1)COc1cccc2ccccc12)C1CCNCC1. The third-order valence-electron chi connectivity index (χ3n) is 6.33. The van der Waals surface area contributed by atoms with Crippen molar-refractivity contribution in [1.29, 1.82) is 0 Å². The Bertz CT molecular complexity index is 1100. The van der Waals surface area contributed by atoms with Crippen LogP contribution in [0.3, 0.4) is 0 Å². The molecular weight excluding hydrogens is 412 g/mol. The average Bonchev–Trinajstić information content (AvgIpc) is 2.86. The summed E-state index contributed by atoms with van der Waals surface area (Å²) in [6.07, 6.45) is 4.44. The highest BCUT2D eigenvalue weighted by atomic mass is 16.5. The van der Waals surface area contributed by atoms with Crippen LogP contribution in [0.25, 0.3) is 16.8 Å². The van der Waals surface area contributed by atoms with Crippen LogP contribution in [0.2, 0.25) is 0 Å². The van der Waals surface area contributed by atoms with Gasteiger partial charge in [-0.2, -0.15) is 0 Å². The van der Waals surface area contributed by atoms with Crippen LogP contribution < -0.4 is 10.1 Å². The Labute approximate surface area is 195 Å². The number of rotatable bonds is 9. The molecule has 4 rings (SSSR count). The predicted molar refractivity (Wildman–Crippen MR) is 134 cm³/mol. The molecular formula is C28H32N2O3. The molecule has 0 atom stereocenters. The molecule has 3 aromatic rings. The third kappa shape index (κ3) is 6.01. The lowest BCUT2D eigenvalue weighted by Gasteiger charge is -2.34. The number of nitrogens with zero attached hydrogens (tertiary/aromatic N) is 1. The van der Waals surface area contributed by atoms with Crippen LogP contribution in [0.4, 0.5) is 0 Å². The summed E-state index contributed by atoms with van der Waals surface area (Å²) in [5.74, 6) is -0.0294. The third-order valence-corrected chi connectivity index (χ3v) is 6.33. The molecule has 0 saturated carbocycles. The highest BCUT2D eigenvalue weighted by Gasteiger charge is 2.20. The molecule has 1 saturated heterocycles. The van der Waals surface area contributed by atoms with Crippen molar-refractivity contribution in [3.8, 4) is 5.75 Å². The minimum atomic E-state index is -0.909. The van der Waals surface area contributed by atoms with Crippen molar-refractivity contribution in [3.63, 3.8) is 0 Å². The first-order chi connectivity index (χ1) is 16.1. The zero-order chi connectivity index (χ0) is 23.0. The van der Waals surface area contributed by atoms with Crippen LogP contribution in [-0.2, 0) is 0 Å². The molecule has 5 heteroatoms. The molecule has 172 valence electrons. The van der Waals surface area contributed by atoms with Gasteiger partial charge in [-0.3, -0.25) is 4.90 Å². The van der Waals surface area contributed by atoms with Crippen molar-refractivity contribution in [2.24, 2.45) is 0 Å². The molecule has 0 aliphatic carbocycles. The summed E-state index contributed by atoms with van der Waals surface area (Å²) < 4.78 is 6.35. The van der Waals surface area contributed by atoms with E-state index in [4.69, 9.17) is 4.74 Å². The van der Waals surface area contributed by atoms with E-state index in [2.05, 4.69) is 41.4 Å². The lowest BCUT2D eigenvalue weighted by atomic mass is 10.0. The fraction of sp³-hybridized carbons (Fsp3) is 0.321. The molecule has 2 N–H and O–H groups in total. The summed E-state index contributed by atoms with van der Waals surface area (Å²) in [6.45, 7) is 6.62. The molecule has 0 spiro atoms. The number of carboxylic acids is 1. The fourth-order valence-electron chi connectivity index (χ4n) is 4.51. The summed E-state index contributed by atoms with van der Waals surface area (Å²) >= 11 is 0. The van der Waals surface area contributed by atoms with E-state index in [0.29, 0.717) is 18.2 Å². The number of carboxylic acid groups (broad SMARTS) is 1. The maximum atomic E-state index is 11.2. The van der Waals surface area contributed by atoms with Gasteiger partial charge in [0.05, 0.1) is 5.56 Å². The van der Waals surface area contributed by atoms with Gasteiger partial charge in [-0.05, 0) is 67.2 Å². The second kappa shape index (κ2) is 11.1. The second-order valence-electron chi connectivity index (χ2n) is 8.54. The molecule has 3 aromatic carbocycles. The standard InChI is InChI=1S/C28H32N2O3/c1-2-30(25-14-16-29-17-15-25)19-22(18-21-10-12-24(13-11-21)28(31)32)20-33-27-9-5-7-23-6-3-4-8-26(23)27/h3-13,18,25,29H,2,14-17,19-20H2,1H3,(H,31,32)/b22-18+. The van der Waals surface area contributed by atoms with E-state index >= 15 is 0 Å². The summed E-state index contributed by atoms with van der Waals surface area (Å²) in [6, 6.07) is 22.0. The Morgan fingerprint density at radius 3 is 2.52 bits per heavy atom. The Balaban J connectivity index is 1.57. The van der Waals surface area contributed by atoms with Gasteiger partial charge in [0.25, 0.3) is 0 Å². The molecule has 0 unspecified atom stereocenters. The lowest BCUT2D eigenvalue weighted by molar-refractivity contribution is 0.0697. The second-order valence-corrected chi connectivity index (χ2v) is 8.54. The van der Waals surface area contributed by atoms with E-state index in [1.54, 1.807) is 12.1 Å². The Hall–Kier alpha value is -3.15. The zero-order valence-corrected chi connectivity index (χ0v) is 19.2. The van der Waals surface area contributed by atoms with Gasteiger partial charge in [-0.15, -0.1) is 0 Å². The van der Waals surface area contributed by atoms with E-state index in [1.165, 1.54) is 5.57 Å². The van der Waals surface area contributed by atoms with Crippen molar-refractivity contribution in [1.82, 2.24) is 10.2 Å². The van der Waals surface area contributed by atoms with Crippen LogP contribution in [-0.4, -0.2) is 54.8 Å². The Morgan fingerprint density at radius 1 is 1.06 bits per heavy atom. The number of fused-ring (bicyclic) bond motifs is 1. The number of nitrogens with one attached hydrogen (secondary N) is 1. The van der Waals surface area contributed by atoms with Crippen LogP contribution >= 0.6 is 0 Å². The van der Waals surface area contributed by atoms with Gasteiger partial charge in [0, 0.05) is 18.0 Å². The van der Waals surface area contributed by atoms with E-state index in [1.807, 2.05) is 36.4 Å². The van der Waals surface area contributed by atoms with Gasteiger partial charge < -0.3 is 15.2 Å². The number of benzene rings is 3. The maximum absolute atomic E-state index is 11.2. The van der Waals surface area contributed by atoms with Crippen molar-refractivity contribution in [2.75, 3.05) is 32.8 Å². The molecule has 1 aliphatic rings. The van der Waals surface area contributed by atoms with E-state index in [9.17, 15) is 9.90 Å². The van der Waals surface area contributed by atoms with Crippen LogP contribution in [0, 0.1) is 0 Å². The Kier molecular flexibility index (Phi) is 7.76. The summed E-state index contributed by atoms with van der Waals surface area (Å²) in [7, 11) is 0. The first-order valence-corrected chi connectivity index (χ1v) is 11.7. The lowest BCUT2D eigenvalue weighted by Crippen LogP contribution is -2.44. The van der Waals surface area contributed by atoms with E-state index in [-0.39, 0.29) is 0 Å². The average molecular weight is 445 g/mol. The van der Waals surface area contributed by atoms with Gasteiger partial charge in [-0.1, -0.05) is 61.5 Å². The Morgan fingerprint density at radius 2 is 1.79 bits per heavy atom. The van der Waals surface area contributed by atoms with Crippen molar-refractivity contribution < 1.29 is 14.6 Å². The van der Waals surface area contributed by atoms with Crippen molar-refractivity contribution in [2.45, 2.75) is 25.8 Å². The smallest absolute Gasteiger partial charge is 0.335 e. The van der Waals surface area contributed by atoms with Gasteiger partial charge in [0.2, 0.25) is 0 Å². The molecule has 0 radical (unpaired) electrons. The number of likely N-dealkylation sites (N-methyl/N-ethyl adjacent to an activating group) is 1. The van der Waals surface area contributed by atoms with Crippen LogP contribution in [0.1, 0.15) is 35.7 Å². The molecule has 5 nitrogen and oxygen atoms in total. The number of aromatic carboxylic acids is 1. The number of carbonyl (C=O) groups is 1. The van der Waals surface area contributed by atoms with Crippen LogP contribution in [0.5, 0.6) is 5.75 Å². The fourth-order valence-corrected chi connectivity index (χ4v) is 4.51. The largest absolute Gasteiger partial charge is 0.489 e. The number of hydrogen-bond acceptors (Lipinski definition) is 4. The minimum Gasteiger partial charge on any atom is -0.489 e. The molecule has 1 fully saturated rings. The molecule has 0 bridgehead atoms. The number of ether oxygens (including phenoxy) is 1. The predicted octanol–water partition coefficient (Wildman–Crippen LogP) is 5.07. The molecule has 0 aromatic heterocycles. The molecule has 0 amide bonds. The van der Waals surface area contributed by atoms with Gasteiger partial charge in [0.15, 0.2) is 0 Å². The van der Waals surface area contributed by atoms with Crippen molar-refractivity contribution >= 4 is 22.8 Å². The summed E-state index contributed by atoms with van der Waals surface area (Å²) in [4.78, 5) is 13.7. The van der Waals surface area contributed by atoms with E-state index in [0.717, 1.165) is 61.1 Å². The first kappa shape index (κ1) is 23.0. The topological polar surface area (TPSA) is 61.8 Å². The van der Waals surface area contributed by atoms with Crippen molar-refractivity contribution in [3.05, 3.63) is 83.4 Å². The van der Waals surface area contributed by atoms with Crippen LogP contribution in [0.15, 0.2) is 72.3 Å². The number of hydrogen-bond donors (Lipinski definition) is 2. The maximum Gasteiger partial charge on any atom is 0.335 e. The summed E-state index contributed by atoms with van der Waals surface area (Å²) in [5.41, 5.74) is 2.45.